The number of amidine groups is 1. The van der Waals surface area contributed by atoms with Crippen molar-refractivity contribution in [3.05, 3.63) is 34.7 Å². The van der Waals surface area contributed by atoms with Crippen LogP contribution in [-0.4, -0.2) is 78.2 Å². The molecule has 0 aromatic heterocycles. The molecule has 0 atom stereocenters. The second-order valence-corrected chi connectivity index (χ2v) is 12.7. The van der Waals surface area contributed by atoms with Crippen LogP contribution in [0.25, 0.3) is 6.08 Å². The van der Waals surface area contributed by atoms with E-state index < -0.39 is 18.1 Å². The Balaban J connectivity index is 1.25. The summed E-state index contributed by atoms with van der Waals surface area (Å²) in [4.78, 5) is 31.7. The summed E-state index contributed by atoms with van der Waals surface area (Å²) in [6.07, 6.45) is 1.70. The Morgan fingerprint density at radius 1 is 1.23 bits per heavy atom. The predicted molar refractivity (Wildman–Crippen MR) is 164 cm³/mol. The van der Waals surface area contributed by atoms with Gasteiger partial charge < -0.3 is 20.1 Å². The molecule has 12 heteroatoms. The number of nitrogens with one attached hydrogen (secondary N) is 1. The maximum atomic E-state index is 13.0. The van der Waals surface area contributed by atoms with E-state index in [1.165, 1.54) is 6.92 Å². The average molecular weight is 625 g/mol. The number of aryl methyl sites for hydroxylation is 1. The van der Waals surface area contributed by atoms with Gasteiger partial charge in [-0.1, -0.05) is 18.0 Å². The van der Waals surface area contributed by atoms with Crippen LogP contribution in [0.2, 0.25) is 0 Å². The third kappa shape index (κ3) is 9.29. The molecule has 2 heterocycles. The summed E-state index contributed by atoms with van der Waals surface area (Å²) in [6, 6.07) is 5.88. The Hall–Kier alpha value is -2.41. The number of aliphatic hydroxyl groups excluding tert-OH is 1. The molecule has 0 radical (unpaired) electrons. The summed E-state index contributed by atoms with van der Waals surface area (Å²) in [5.74, 6) is 0.834. The number of nitrogens with zero attached hydrogens (tertiary/aromatic N) is 3. The molecule has 0 unspecified atom stereocenters. The SMILES string of the molecule is CC(=O)N(CCOCCO)c1ccc(/C=C/SN2CCC3(CC2)N=C(C2CCC(CCC(F)(F)F)CC2)NC3=O)c(C)c1. The van der Waals surface area contributed by atoms with Crippen molar-refractivity contribution in [3.8, 4) is 0 Å². The summed E-state index contributed by atoms with van der Waals surface area (Å²) < 4.78 is 45.3. The highest BCUT2D eigenvalue weighted by molar-refractivity contribution is 8.00. The van der Waals surface area contributed by atoms with Crippen molar-refractivity contribution >= 4 is 41.4 Å². The van der Waals surface area contributed by atoms with Crippen LogP contribution in [0.5, 0.6) is 0 Å². The van der Waals surface area contributed by atoms with E-state index in [1.54, 1.807) is 16.8 Å². The van der Waals surface area contributed by atoms with Crippen LogP contribution in [-0.2, 0) is 14.3 Å². The smallest absolute Gasteiger partial charge is 0.389 e. The van der Waals surface area contributed by atoms with Crippen LogP contribution in [0.3, 0.4) is 0 Å². The van der Waals surface area contributed by atoms with E-state index in [2.05, 4.69) is 9.62 Å². The molecule has 2 N–H and O–H groups in total. The number of piperidine rings is 1. The van der Waals surface area contributed by atoms with Gasteiger partial charge in [0.15, 0.2) is 0 Å². The van der Waals surface area contributed by atoms with Gasteiger partial charge in [-0.2, -0.15) is 13.2 Å². The number of aliphatic hydroxyl groups is 1. The fourth-order valence-corrected chi connectivity index (χ4v) is 6.90. The van der Waals surface area contributed by atoms with Gasteiger partial charge >= 0.3 is 6.18 Å². The first-order chi connectivity index (χ1) is 20.5. The Labute approximate surface area is 256 Å². The van der Waals surface area contributed by atoms with Crippen molar-refractivity contribution in [2.75, 3.05) is 44.4 Å². The highest BCUT2D eigenvalue weighted by Crippen LogP contribution is 2.38. The van der Waals surface area contributed by atoms with Gasteiger partial charge in [0.1, 0.15) is 11.4 Å². The number of alkyl halides is 3. The van der Waals surface area contributed by atoms with E-state index in [-0.39, 0.29) is 43.3 Å². The Kier molecular flexibility index (Phi) is 11.7. The van der Waals surface area contributed by atoms with Crippen molar-refractivity contribution in [2.45, 2.75) is 76.9 Å². The van der Waals surface area contributed by atoms with Gasteiger partial charge in [-0.05, 0) is 92.5 Å². The molecule has 2 fully saturated rings. The molecule has 0 bridgehead atoms. The third-order valence-electron chi connectivity index (χ3n) is 8.72. The van der Waals surface area contributed by atoms with Crippen LogP contribution >= 0.6 is 11.9 Å². The lowest BCUT2D eigenvalue weighted by molar-refractivity contribution is -0.138. The Morgan fingerprint density at radius 2 is 1.95 bits per heavy atom. The molecule has 1 aliphatic carbocycles. The minimum atomic E-state index is -4.10. The quantitative estimate of drug-likeness (QED) is 0.236. The van der Waals surface area contributed by atoms with E-state index >= 15 is 0 Å². The van der Waals surface area contributed by atoms with Gasteiger partial charge in [0, 0.05) is 44.6 Å². The molecule has 1 saturated carbocycles. The molecule has 43 heavy (non-hydrogen) atoms. The first-order valence-corrected chi connectivity index (χ1v) is 16.0. The number of rotatable bonds is 12. The number of hydrogen-bond donors (Lipinski definition) is 2. The number of aliphatic imine (C=N–C) groups is 1. The number of amides is 2. The van der Waals surface area contributed by atoms with Gasteiger partial charge in [0.05, 0.1) is 19.8 Å². The van der Waals surface area contributed by atoms with Crippen LogP contribution in [0.15, 0.2) is 28.6 Å². The first kappa shape index (κ1) is 33.5. The van der Waals surface area contributed by atoms with Gasteiger partial charge in [-0.15, -0.1) is 0 Å². The third-order valence-corrected chi connectivity index (χ3v) is 9.64. The topological polar surface area (TPSA) is 94.5 Å². The number of benzene rings is 1. The zero-order valence-corrected chi connectivity index (χ0v) is 25.8. The number of hydrogen-bond acceptors (Lipinski definition) is 7. The molecule has 1 saturated heterocycles. The van der Waals surface area contributed by atoms with Crippen molar-refractivity contribution in [3.63, 3.8) is 0 Å². The summed E-state index contributed by atoms with van der Waals surface area (Å²) in [5.41, 5.74) is 2.14. The first-order valence-electron chi connectivity index (χ1n) is 15.1. The van der Waals surface area contributed by atoms with Gasteiger partial charge in [-0.25, -0.2) is 4.31 Å². The largest absolute Gasteiger partial charge is 0.394 e. The molecule has 4 rings (SSSR count). The van der Waals surface area contributed by atoms with Crippen molar-refractivity contribution in [1.82, 2.24) is 9.62 Å². The number of carbonyl (C=O) groups excluding carboxylic acids is 2. The zero-order valence-electron chi connectivity index (χ0n) is 25.0. The zero-order chi connectivity index (χ0) is 31.0. The van der Waals surface area contributed by atoms with Gasteiger partial charge in [0.2, 0.25) is 5.91 Å². The lowest BCUT2D eigenvalue weighted by Gasteiger charge is -2.34. The highest BCUT2D eigenvalue weighted by atomic mass is 32.2. The minimum absolute atomic E-state index is 0.0443. The number of halogens is 3. The summed E-state index contributed by atoms with van der Waals surface area (Å²) in [5, 5.41) is 13.9. The number of anilines is 1. The van der Waals surface area contributed by atoms with E-state index in [9.17, 15) is 22.8 Å². The van der Waals surface area contributed by atoms with Crippen LogP contribution in [0.1, 0.15) is 69.4 Å². The number of ether oxygens (including phenoxy) is 1. The lowest BCUT2D eigenvalue weighted by atomic mass is 9.79. The maximum absolute atomic E-state index is 13.0. The Bertz CT molecular complexity index is 1180. The van der Waals surface area contributed by atoms with Gasteiger partial charge in [-0.3, -0.25) is 14.6 Å². The second kappa shape index (κ2) is 15.0. The molecule has 238 valence electrons. The Morgan fingerprint density at radius 3 is 2.58 bits per heavy atom. The number of carbonyl (C=O) groups is 2. The molecule has 1 aromatic carbocycles. The summed E-state index contributed by atoms with van der Waals surface area (Å²) >= 11 is 1.60. The molecule has 3 aliphatic rings. The van der Waals surface area contributed by atoms with Gasteiger partial charge in [0.25, 0.3) is 5.91 Å². The standard InChI is InChI=1S/C31H43F3N4O4S/c1-22-21-27(38(23(2)40)16-18-42-19-17-39)8-7-25(22)10-20-43-37-14-12-30(13-15-37)29(41)35-28(36-30)26-5-3-24(4-6-26)9-11-31(32,33)34/h7-8,10,20-21,24,26,39H,3-6,9,11-19H2,1-2H3,(H,35,36,41)/b20-10+. The maximum Gasteiger partial charge on any atom is 0.389 e. The van der Waals surface area contributed by atoms with E-state index in [1.807, 2.05) is 36.6 Å². The predicted octanol–water partition coefficient (Wildman–Crippen LogP) is 5.49. The monoisotopic (exact) mass is 624 g/mol. The van der Waals surface area contributed by atoms with Crippen molar-refractivity contribution in [2.24, 2.45) is 16.8 Å². The van der Waals surface area contributed by atoms with E-state index in [0.29, 0.717) is 39.1 Å². The highest BCUT2D eigenvalue weighted by Gasteiger charge is 2.47. The van der Waals surface area contributed by atoms with Crippen LogP contribution < -0.4 is 10.2 Å². The normalized spacial score (nSPS) is 22.7. The lowest BCUT2D eigenvalue weighted by Crippen LogP contribution is -2.47. The van der Waals surface area contributed by atoms with Crippen LogP contribution in [0.4, 0.5) is 18.9 Å². The fourth-order valence-electron chi connectivity index (χ4n) is 6.12. The van der Waals surface area contributed by atoms with Crippen molar-refractivity contribution in [1.29, 1.82) is 0 Å². The molecular formula is C31H43F3N4O4S. The molecule has 2 aliphatic heterocycles. The molecular weight excluding hydrogens is 581 g/mol. The average Bonchev–Trinajstić information content (AvgIpc) is 3.28. The van der Waals surface area contributed by atoms with Crippen molar-refractivity contribution < 1.29 is 32.6 Å². The van der Waals surface area contributed by atoms with E-state index in [0.717, 1.165) is 48.3 Å². The molecule has 8 nitrogen and oxygen atoms in total. The molecule has 1 aromatic rings. The summed E-state index contributed by atoms with van der Waals surface area (Å²) in [6.45, 7) is 5.90. The van der Waals surface area contributed by atoms with Crippen LogP contribution in [0, 0.1) is 18.8 Å². The second-order valence-electron chi connectivity index (χ2n) is 11.7. The fraction of sp³-hybridized carbons (Fsp3) is 0.645. The minimum Gasteiger partial charge on any atom is -0.394 e. The summed E-state index contributed by atoms with van der Waals surface area (Å²) in [7, 11) is 0. The molecule has 2 amide bonds. The van der Waals surface area contributed by atoms with E-state index in [4.69, 9.17) is 14.8 Å². The molecule has 1 spiro atoms.